The summed E-state index contributed by atoms with van der Waals surface area (Å²) in [6.45, 7) is 0. The predicted molar refractivity (Wildman–Crippen MR) is 54.5 cm³/mol. The summed E-state index contributed by atoms with van der Waals surface area (Å²) in [7, 11) is -11.0. The molecule has 0 aliphatic carbocycles. The maximum atomic E-state index is 10.5. The molecule has 0 heterocycles. The Balaban J connectivity index is 0. The minimum absolute atomic E-state index is 0. The van der Waals surface area contributed by atoms with Crippen molar-refractivity contribution >= 4 is 55.2 Å². The van der Waals surface area contributed by atoms with Crippen LogP contribution in [0.25, 0.3) is 0 Å². The third-order valence-electron chi connectivity index (χ3n) is 1.40. The van der Waals surface area contributed by atoms with Crippen molar-refractivity contribution in [1.82, 2.24) is 0 Å². The summed E-state index contributed by atoms with van der Waals surface area (Å²) < 4.78 is 58.8. The van der Waals surface area contributed by atoms with Gasteiger partial charge in [-0.1, -0.05) is 0 Å². The Bertz CT molecular complexity index is 454. The van der Waals surface area contributed by atoms with Crippen molar-refractivity contribution in [3.8, 4) is 0 Å². The van der Waals surface area contributed by atoms with Gasteiger partial charge in [0.25, 0.3) is 20.2 Å². The Morgan fingerprint density at radius 2 is 0.941 bits per heavy atom. The zero-order valence-electron chi connectivity index (χ0n) is 7.21. The first kappa shape index (κ1) is 18.9. The van der Waals surface area contributed by atoms with Crippen LogP contribution < -0.4 is 0 Å². The summed E-state index contributed by atoms with van der Waals surface area (Å²) in [5.41, 5.74) is 0. The average Bonchev–Trinajstić information content (AvgIpc) is 1.92. The van der Waals surface area contributed by atoms with Gasteiger partial charge in [0.2, 0.25) is 10.5 Å². The number of hydrogen-bond acceptors (Lipinski definition) is 6. The smallest absolute Gasteiger partial charge is 0.326 e. The largest absolute Gasteiger partial charge is 0.480 e. The van der Waals surface area contributed by atoms with Gasteiger partial charge >= 0.3 is 35.0 Å². The number of hydrogen-bond donors (Lipinski definition) is 4. The summed E-state index contributed by atoms with van der Waals surface area (Å²) in [5, 5.41) is 10.2. The first-order valence-electron chi connectivity index (χ1n) is 3.27. The van der Waals surface area contributed by atoms with Crippen molar-refractivity contribution < 1.29 is 45.7 Å². The SMILES string of the molecule is O=C(O)C(C(C(=O)O)S(=O)(=O)O)S(=O)(=O)O.[MgH2]. The molecule has 0 fully saturated rings. The van der Waals surface area contributed by atoms with Gasteiger partial charge in [0, 0.05) is 0 Å². The molecular formula is C4H8MgO10S2. The van der Waals surface area contributed by atoms with Crippen molar-refractivity contribution in [2.75, 3.05) is 0 Å². The number of rotatable bonds is 5. The lowest BCUT2D eigenvalue weighted by atomic mass is 10.3. The van der Waals surface area contributed by atoms with E-state index in [-0.39, 0.29) is 23.1 Å². The summed E-state index contributed by atoms with van der Waals surface area (Å²) in [5.74, 6) is -4.85. The normalized spacial score (nSPS) is 15.4. The van der Waals surface area contributed by atoms with E-state index in [0.717, 1.165) is 0 Å². The van der Waals surface area contributed by atoms with Crippen molar-refractivity contribution in [2.45, 2.75) is 10.5 Å². The fourth-order valence-corrected chi connectivity index (χ4v) is 3.04. The van der Waals surface area contributed by atoms with E-state index >= 15 is 0 Å². The monoisotopic (exact) mass is 304 g/mol. The van der Waals surface area contributed by atoms with Crippen LogP contribution in [0.4, 0.5) is 0 Å². The van der Waals surface area contributed by atoms with Crippen LogP contribution in [0.1, 0.15) is 0 Å². The van der Waals surface area contributed by atoms with E-state index in [9.17, 15) is 26.4 Å². The number of carbonyl (C=O) groups is 2. The molecule has 0 spiro atoms. The molecule has 0 radical (unpaired) electrons. The van der Waals surface area contributed by atoms with Gasteiger partial charge in [0.15, 0.2) is 0 Å². The average molecular weight is 305 g/mol. The second-order valence-electron chi connectivity index (χ2n) is 2.55. The Morgan fingerprint density at radius 1 is 0.765 bits per heavy atom. The highest BCUT2D eigenvalue weighted by Gasteiger charge is 2.50. The molecule has 0 aromatic carbocycles. The molecule has 0 rings (SSSR count). The molecule has 0 amide bonds. The molecule has 0 saturated carbocycles. The number of carboxylic acid groups (broad SMARTS) is 2. The van der Waals surface area contributed by atoms with Crippen molar-refractivity contribution in [3.63, 3.8) is 0 Å². The van der Waals surface area contributed by atoms with E-state index in [1.807, 2.05) is 0 Å². The third-order valence-corrected chi connectivity index (χ3v) is 3.81. The molecule has 0 bridgehead atoms. The molecule has 0 aliphatic rings. The highest BCUT2D eigenvalue weighted by molar-refractivity contribution is 7.91. The van der Waals surface area contributed by atoms with Gasteiger partial charge in [-0.2, -0.15) is 16.8 Å². The lowest BCUT2D eigenvalue weighted by Crippen LogP contribution is -2.49. The Kier molecular flexibility index (Phi) is 6.57. The molecule has 17 heavy (non-hydrogen) atoms. The molecule has 2 unspecified atom stereocenters. The van der Waals surface area contributed by atoms with Crippen LogP contribution in [0, 0.1) is 0 Å². The van der Waals surface area contributed by atoms with Crippen molar-refractivity contribution in [2.24, 2.45) is 0 Å². The van der Waals surface area contributed by atoms with E-state index in [1.54, 1.807) is 0 Å². The molecule has 10 nitrogen and oxygen atoms in total. The Labute approximate surface area is 111 Å². The third kappa shape index (κ3) is 5.13. The van der Waals surface area contributed by atoms with Gasteiger partial charge < -0.3 is 10.2 Å². The summed E-state index contributed by atoms with van der Waals surface area (Å²) in [4.78, 5) is 20.7. The van der Waals surface area contributed by atoms with E-state index in [2.05, 4.69) is 0 Å². The second kappa shape index (κ2) is 5.92. The molecule has 98 valence electrons. The van der Waals surface area contributed by atoms with Crippen LogP contribution in [0.15, 0.2) is 0 Å². The van der Waals surface area contributed by atoms with Crippen LogP contribution in [0.2, 0.25) is 0 Å². The van der Waals surface area contributed by atoms with Gasteiger partial charge in [-0.3, -0.25) is 18.7 Å². The van der Waals surface area contributed by atoms with Gasteiger partial charge in [0.1, 0.15) is 0 Å². The minimum atomic E-state index is -5.51. The van der Waals surface area contributed by atoms with E-state index in [0.29, 0.717) is 0 Å². The maximum absolute atomic E-state index is 10.5. The van der Waals surface area contributed by atoms with Gasteiger partial charge in [0.05, 0.1) is 0 Å². The fraction of sp³-hybridized carbons (Fsp3) is 0.500. The molecule has 0 aromatic rings. The molecule has 0 saturated heterocycles. The van der Waals surface area contributed by atoms with Crippen LogP contribution >= 0.6 is 0 Å². The van der Waals surface area contributed by atoms with E-state index in [1.165, 1.54) is 0 Å². The maximum Gasteiger partial charge on any atom is 0.326 e. The minimum Gasteiger partial charge on any atom is -0.480 e. The van der Waals surface area contributed by atoms with Crippen LogP contribution in [0.3, 0.4) is 0 Å². The van der Waals surface area contributed by atoms with Crippen LogP contribution in [-0.4, -0.2) is 81.6 Å². The first-order chi connectivity index (χ1) is 6.89. The van der Waals surface area contributed by atoms with Gasteiger partial charge in [-0.25, -0.2) is 0 Å². The van der Waals surface area contributed by atoms with Gasteiger partial charge in [-0.15, -0.1) is 0 Å². The fourth-order valence-electron chi connectivity index (χ4n) is 0.826. The lowest BCUT2D eigenvalue weighted by Gasteiger charge is -2.14. The quantitative estimate of drug-likeness (QED) is 0.297. The van der Waals surface area contributed by atoms with Crippen LogP contribution in [0.5, 0.6) is 0 Å². The summed E-state index contributed by atoms with van der Waals surface area (Å²) >= 11 is 0. The van der Waals surface area contributed by atoms with Crippen LogP contribution in [-0.2, 0) is 29.8 Å². The summed E-state index contributed by atoms with van der Waals surface area (Å²) in [6, 6.07) is 0. The molecular weight excluding hydrogens is 296 g/mol. The van der Waals surface area contributed by atoms with Gasteiger partial charge in [-0.05, 0) is 0 Å². The van der Waals surface area contributed by atoms with Crippen molar-refractivity contribution in [1.29, 1.82) is 0 Å². The molecule has 4 N–H and O–H groups in total. The second-order valence-corrected chi connectivity index (χ2v) is 5.62. The standard InChI is InChI=1S/C4H6O10S2.Mg.2H/c5-3(6)1(15(9,10)11)2(4(7)8)16(12,13)14;;;/h1-2H,(H,5,6)(H,7,8)(H,9,10,11)(H,12,13,14);;;. The predicted octanol–water partition coefficient (Wildman–Crippen LogP) is -3.25. The summed E-state index contributed by atoms with van der Waals surface area (Å²) in [6.07, 6.45) is 0. The highest BCUT2D eigenvalue weighted by Crippen LogP contribution is 2.13. The number of aliphatic carboxylic acids is 2. The van der Waals surface area contributed by atoms with E-state index < -0.39 is 42.7 Å². The zero-order chi connectivity index (χ0) is 13.3. The first-order valence-corrected chi connectivity index (χ1v) is 6.28. The molecule has 13 heteroatoms. The lowest BCUT2D eigenvalue weighted by molar-refractivity contribution is -0.143. The molecule has 0 aliphatic heterocycles. The van der Waals surface area contributed by atoms with E-state index in [4.69, 9.17) is 19.3 Å². The Hall–Kier alpha value is -0.474. The highest BCUT2D eigenvalue weighted by atomic mass is 32.2. The molecule has 0 aromatic heterocycles. The Morgan fingerprint density at radius 3 is 1.00 bits per heavy atom. The zero-order valence-corrected chi connectivity index (χ0v) is 8.84. The number of carboxylic acids is 2. The van der Waals surface area contributed by atoms with Crippen molar-refractivity contribution in [3.05, 3.63) is 0 Å². The topological polar surface area (TPSA) is 183 Å². The molecule has 2 atom stereocenters.